The van der Waals surface area contributed by atoms with Crippen LogP contribution in [0.4, 0.5) is 0 Å². The molecule has 2 N–H and O–H groups in total. The van der Waals surface area contributed by atoms with E-state index >= 15 is 0 Å². The normalized spacial score (nSPS) is 27.3. The Bertz CT molecular complexity index is 660. The summed E-state index contributed by atoms with van der Waals surface area (Å²) < 4.78 is 0. The molecule has 2 bridgehead atoms. The van der Waals surface area contributed by atoms with Crippen LogP contribution in [0.5, 0.6) is 0 Å². The molecule has 1 unspecified atom stereocenters. The molecule has 0 spiro atoms. The number of hydrogen-bond acceptors (Lipinski definition) is 4. The lowest BCUT2D eigenvalue weighted by Crippen LogP contribution is -2.57. The second-order valence-electron chi connectivity index (χ2n) is 6.10. The van der Waals surface area contributed by atoms with E-state index in [1.165, 1.54) is 6.20 Å². The number of thiol groups is 1. The number of H-pyrrole nitrogens is 1. The van der Waals surface area contributed by atoms with Crippen LogP contribution in [0.1, 0.15) is 34.5 Å². The fourth-order valence-electron chi connectivity index (χ4n) is 3.44. The van der Waals surface area contributed by atoms with E-state index in [0.717, 1.165) is 32.5 Å². The molecule has 0 aromatic carbocycles. The van der Waals surface area contributed by atoms with Crippen molar-refractivity contribution in [3.8, 4) is 0 Å². The van der Waals surface area contributed by atoms with Gasteiger partial charge in [-0.05, 0) is 50.3 Å². The second kappa shape index (κ2) is 6.30. The minimum absolute atomic E-state index is 0.159. The summed E-state index contributed by atoms with van der Waals surface area (Å²) in [5.74, 6) is 0.269. The molecule has 0 saturated carbocycles. The number of fused-ring (bicyclic) bond motifs is 3. The number of carbonyl (C=O) groups is 1. The van der Waals surface area contributed by atoms with Gasteiger partial charge in [-0.1, -0.05) is 0 Å². The molecule has 4 rings (SSSR count). The number of pyridine rings is 1. The van der Waals surface area contributed by atoms with Crippen molar-refractivity contribution in [2.75, 3.05) is 19.6 Å². The van der Waals surface area contributed by atoms with Crippen LogP contribution in [0.25, 0.3) is 6.08 Å². The molecule has 1 aromatic rings. The van der Waals surface area contributed by atoms with Gasteiger partial charge in [-0.25, -0.2) is 0 Å². The summed E-state index contributed by atoms with van der Waals surface area (Å²) in [5.41, 5.74) is 1.18. The zero-order valence-electron chi connectivity index (χ0n) is 12.6. The van der Waals surface area contributed by atoms with Crippen molar-refractivity contribution in [3.63, 3.8) is 0 Å². The quantitative estimate of drug-likeness (QED) is 0.738. The number of aromatic nitrogens is 1. The lowest BCUT2D eigenvalue weighted by molar-refractivity contribution is 0.0619. The average molecular weight is 319 g/mol. The van der Waals surface area contributed by atoms with Crippen molar-refractivity contribution in [1.29, 1.82) is 0 Å². The Kier molecular flexibility index (Phi) is 4.40. The molecule has 118 valence electrons. The van der Waals surface area contributed by atoms with Crippen molar-refractivity contribution >= 4 is 24.6 Å². The maximum absolute atomic E-state index is 12.4. The third-order valence-corrected chi connectivity index (χ3v) is 4.97. The number of nitrogens with zero attached hydrogens (tertiary/aromatic N) is 1. The van der Waals surface area contributed by atoms with E-state index in [2.05, 4.69) is 27.8 Å². The van der Waals surface area contributed by atoms with Crippen molar-refractivity contribution in [1.82, 2.24) is 15.2 Å². The Hall–Kier alpha value is -1.53. The summed E-state index contributed by atoms with van der Waals surface area (Å²) in [7, 11) is 0. The molecule has 3 aliphatic rings. The number of amides is 1. The molecule has 0 radical (unpaired) electrons. The van der Waals surface area contributed by atoms with Gasteiger partial charge < -0.3 is 15.2 Å². The molecule has 3 aliphatic heterocycles. The Balaban J connectivity index is 1.78. The van der Waals surface area contributed by atoms with E-state index in [0.29, 0.717) is 17.2 Å². The van der Waals surface area contributed by atoms with Crippen LogP contribution in [0.2, 0.25) is 0 Å². The molecular weight excluding hydrogens is 298 g/mol. The molecular formula is C16H21N3O2S. The van der Waals surface area contributed by atoms with Crippen molar-refractivity contribution in [2.24, 2.45) is 5.92 Å². The maximum Gasteiger partial charge on any atom is 0.257 e. The third kappa shape index (κ3) is 2.85. The summed E-state index contributed by atoms with van der Waals surface area (Å²) in [6.45, 7) is 4.86. The second-order valence-corrected chi connectivity index (χ2v) is 6.40. The first-order valence-electron chi connectivity index (χ1n) is 7.66. The zero-order chi connectivity index (χ0) is 15.7. The first-order valence-corrected chi connectivity index (χ1v) is 8.18. The van der Waals surface area contributed by atoms with E-state index in [4.69, 9.17) is 0 Å². The molecule has 1 amide bonds. The number of carbonyl (C=O) groups excluding carboxylic acids is 1. The SMILES string of the molecule is Cc1c(/C=C\S)[nH]cc(C(=O)NC2CN3CCC2CC3)c1=O. The van der Waals surface area contributed by atoms with E-state index in [-0.39, 0.29) is 22.9 Å². The molecule has 3 fully saturated rings. The Morgan fingerprint density at radius 1 is 1.45 bits per heavy atom. The van der Waals surface area contributed by atoms with Gasteiger partial charge in [0.15, 0.2) is 5.43 Å². The van der Waals surface area contributed by atoms with Gasteiger partial charge >= 0.3 is 0 Å². The number of nitrogens with one attached hydrogen (secondary N) is 2. The average Bonchev–Trinajstić information content (AvgIpc) is 2.53. The Labute approximate surface area is 135 Å². The lowest BCUT2D eigenvalue weighted by Gasteiger charge is -2.44. The van der Waals surface area contributed by atoms with Gasteiger partial charge in [-0.2, -0.15) is 12.6 Å². The van der Waals surface area contributed by atoms with Crippen LogP contribution < -0.4 is 10.7 Å². The molecule has 3 saturated heterocycles. The Morgan fingerprint density at radius 2 is 2.18 bits per heavy atom. The Morgan fingerprint density at radius 3 is 2.77 bits per heavy atom. The fourth-order valence-corrected chi connectivity index (χ4v) is 3.59. The van der Waals surface area contributed by atoms with Gasteiger partial charge in [-0.3, -0.25) is 9.59 Å². The topological polar surface area (TPSA) is 65.2 Å². The summed E-state index contributed by atoms with van der Waals surface area (Å²) >= 11 is 4.01. The van der Waals surface area contributed by atoms with Crippen molar-refractivity contribution in [3.05, 3.63) is 38.6 Å². The molecule has 1 aromatic heterocycles. The van der Waals surface area contributed by atoms with Gasteiger partial charge in [0.25, 0.3) is 5.91 Å². The molecule has 5 nitrogen and oxygen atoms in total. The lowest BCUT2D eigenvalue weighted by atomic mass is 9.84. The fraction of sp³-hybridized carbons (Fsp3) is 0.500. The van der Waals surface area contributed by atoms with Crippen molar-refractivity contribution in [2.45, 2.75) is 25.8 Å². The molecule has 4 heterocycles. The summed E-state index contributed by atoms with van der Waals surface area (Å²) in [6, 6.07) is 0.159. The van der Waals surface area contributed by atoms with Crippen LogP contribution in [-0.2, 0) is 0 Å². The predicted octanol–water partition coefficient (Wildman–Crippen LogP) is 1.41. The summed E-state index contributed by atoms with van der Waals surface area (Å²) in [5, 5.41) is 4.61. The number of piperidine rings is 3. The van der Waals surface area contributed by atoms with Gasteiger partial charge in [0.1, 0.15) is 5.56 Å². The zero-order valence-corrected chi connectivity index (χ0v) is 13.5. The van der Waals surface area contributed by atoms with Crippen LogP contribution in [0, 0.1) is 12.8 Å². The van der Waals surface area contributed by atoms with E-state index < -0.39 is 0 Å². The maximum atomic E-state index is 12.4. The van der Waals surface area contributed by atoms with Crippen molar-refractivity contribution < 1.29 is 4.79 Å². The number of hydrogen-bond donors (Lipinski definition) is 3. The van der Waals surface area contributed by atoms with Gasteiger partial charge in [0.05, 0.1) is 0 Å². The number of rotatable bonds is 3. The van der Waals surface area contributed by atoms with Crippen LogP contribution in [-0.4, -0.2) is 41.5 Å². The predicted molar refractivity (Wildman–Crippen MR) is 90.2 cm³/mol. The highest BCUT2D eigenvalue weighted by atomic mass is 32.1. The molecule has 0 aliphatic carbocycles. The molecule has 1 atom stereocenters. The minimum Gasteiger partial charge on any atom is -0.360 e. The van der Waals surface area contributed by atoms with E-state index in [1.54, 1.807) is 18.4 Å². The van der Waals surface area contributed by atoms with E-state index in [1.807, 2.05) is 0 Å². The third-order valence-electron chi connectivity index (χ3n) is 4.82. The van der Waals surface area contributed by atoms with Gasteiger partial charge in [0.2, 0.25) is 0 Å². The first-order chi connectivity index (χ1) is 10.6. The summed E-state index contributed by atoms with van der Waals surface area (Å²) in [4.78, 5) is 30.2. The highest BCUT2D eigenvalue weighted by Gasteiger charge is 2.35. The van der Waals surface area contributed by atoms with E-state index in [9.17, 15) is 9.59 Å². The monoisotopic (exact) mass is 319 g/mol. The van der Waals surface area contributed by atoms with Crippen LogP contribution in [0.3, 0.4) is 0 Å². The standard InChI is InChI=1S/C16H21N3O2S/c1-10-13(4-7-22)17-8-12(15(10)20)16(21)18-14-9-19-5-2-11(14)3-6-19/h4,7-8,11,14,22H,2-3,5-6,9H2,1H3,(H,17,20)(H,18,21)/b7-4-. The van der Waals surface area contributed by atoms with Gasteiger partial charge in [-0.15, -0.1) is 0 Å². The van der Waals surface area contributed by atoms with Crippen LogP contribution >= 0.6 is 12.6 Å². The van der Waals surface area contributed by atoms with Gasteiger partial charge in [0, 0.05) is 30.0 Å². The highest BCUT2D eigenvalue weighted by molar-refractivity contribution is 7.83. The number of aromatic amines is 1. The largest absolute Gasteiger partial charge is 0.360 e. The first kappa shape index (κ1) is 15.4. The minimum atomic E-state index is -0.274. The smallest absolute Gasteiger partial charge is 0.257 e. The summed E-state index contributed by atoms with van der Waals surface area (Å²) in [6.07, 6.45) is 5.46. The molecule has 22 heavy (non-hydrogen) atoms. The highest BCUT2D eigenvalue weighted by Crippen LogP contribution is 2.27. The van der Waals surface area contributed by atoms with Crippen LogP contribution in [0.15, 0.2) is 16.4 Å². The molecule has 6 heteroatoms.